The summed E-state index contributed by atoms with van der Waals surface area (Å²) in [6.45, 7) is 14.5. The highest BCUT2D eigenvalue weighted by Crippen LogP contribution is 2.14. The fourth-order valence-electron chi connectivity index (χ4n) is 2.28. The molecule has 0 spiro atoms. The van der Waals surface area contributed by atoms with Gasteiger partial charge in [0, 0.05) is 0 Å². The van der Waals surface area contributed by atoms with E-state index in [1.807, 2.05) is 61.0 Å². The summed E-state index contributed by atoms with van der Waals surface area (Å²) >= 11 is 2.81. The molecule has 0 aliphatic carbocycles. The van der Waals surface area contributed by atoms with Gasteiger partial charge in [-0.2, -0.15) is 5.10 Å². The van der Waals surface area contributed by atoms with E-state index in [4.69, 9.17) is 9.47 Å². The molecule has 2 N–H and O–H groups in total. The molecular formula is C22H36N8O4S2. The lowest BCUT2D eigenvalue weighted by molar-refractivity contribution is 0.0494. The molecule has 14 heteroatoms. The largest absolute Gasteiger partial charge is 0.444 e. The number of nitrogens with one attached hydrogen (secondary N) is 2. The molecule has 12 nitrogen and oxygen atoms in total. The first-order valence-electron chi connectivity index (χ1n) is 11.1. The van der Waals surface area contributed by atoms with Crippen LogP contribution in [0.5, 0.6) is 0 Å². The minimum Gasteiger partial charge on any atom is -0.444 e. The van der Waals surface area contributed by atoms with Crippen LogP contribution >= 0.6 is 23.5 Å². The molecule has 0 radical (unpaired) electrons. The van der Waals surface area contributed by atoms with Crippen molar-refractivity contribution < 1.29 is 19.1 Å². The number of carbonyl (C=O) groups is 2. The minimum absolute atomic E-state index is 0.277. The Bertz CT molecular complexity index is 981. The van der Waals surface area contributed by atoms with Crippen molar-refractivity contribution in [1.29, 1.82) is 0 Å². The van der Waals surface area contributed by atoms with Crippen molar-refractivity contribution in [3.8, 4) is 0 Å². The molecular weight excluding hydrogens is 504 g/mol. The maximum absolute atomic E-state index is 11.6. The summed E-state index contributed by atoms with van der Waals surface area (Å²) in [7, 11) is 0. The van der Waals surface area contributed by atoms with Gasteiger partial charge in [0.15, 0.2) is 0 Å². The number of nitrogens with zero attached hydrogens (tertiary/aromatic N) is 6. The molecule has 2 amide bonds. The Morgan fingerprint density at radius 1 is 0.778 bits per heavy atom. The molecule has 200 valence electrons. The third kappa shape index (κ3) is 12.8. The van der Waals surface area contributed by atoms with Crippen LogP contribution in [0.1, 0.15) is 78.9 Å². The Morgan fingerprint density at radius 3 is 1.69 bits per heavy atom. The molecule has 0 saturated carbocycles. The van der Waals surface area contributed by atoms with Crippen molar-refractivity contribution in [2.24, 2.45) is 0 Å². The number of ether oxygens (including phenoxy) is 2. The van der Waals surface area contributed by atoms with E-state index >= 15 is 0 Å². The average molecular weight is 541 g/mol. The summed E-state index contributed by atoms with van der Waals surface area (Å²) in [6.07, 6.45) is 5.92. The number of aromatic nitrogens is 6. The number of hydrogen-bond donors (Lipinski definition) is 2. The number of alkyl carbamates (subject to hydrolysis) is 2. The molecule has 2 aromatic rings. The van der Waals surface area contributed by atoms with Crippen LogP contribution in [0.25, 0.3) is 0 Å². The fourth-order valence-corrected chi connectivity index (χ4v) is 2.88. The third-order valence-electron chi connectivity index (χ3n) is 3.84. The molecule has 36 heavy (non-hydrogen) atoms. The zero-order valence-corrected chi connectivity index (χ0v) is 24.1. The highest BCUT2D eigenvalue weighted by molar-refractivity contribution is 7.98. The molecule has 0 bridgehead atoms. The minimum atomic E-state index is -0.517. The summed E-state index contributed by atoms with van der Waals surface area (Å²) in [5.74, 6) is 0. The second kappa shape index (κ2) is 14.1. The normalized spacial score (nSPS) is 12.9. The first-order valence-corrected chi connectivity index (χ1v) is 13.5. The standard InChI is InChI=1S/2C11H18N4O2S/c1-7(13-10(16)17-11(2,3)4)8-6-12-15-9(14-8)18-5;1-7(13-10(16)17-11(2,3)4)8-6-12-9(18-5)15-14-8/h2*6-7H,1-5H3,(H,13,16). The van der Waals surface area contributed by atoms with Gasteiger partial charge < -0.3 is 20.1 Å². The average Bonchev–Trinajstić information content (AvgIpc) is 2.77. The number of hydrogen-bond acceptors (Lipinski definition) is 12. The summed E-state index contributed by atoms with van der Waals surface area (Å²) in [4.78, 5) is 31.5. The Kier molecular flexibility index (Phi) is 12.3. The van der Waals surface area contributed by atoms with E-state index in [9.17, 15) is 9.59 Å². The van der Waals surface area contributed by atoms with Crippen LogP contribution in [0, 0.1) is 0 Å². The lowest BCUT2D eigenvalue weighted by Gasteiger charge is -2.21. The Hall–Kier alpha value is -2.74. The third-order valence-corrected chi connectivity index (χ3v) is 4.93. The van der Waals surface area contributed by atoms with E-state index in [-0.39, 0.29) is 12.1 Å². The van der Waals surface area contributed by atoms with Crippen LogP contribution < -0.4 is 10.6 Å². The molecule has 0 aromatic carbocycles. The summed E-state index contributed by atoms with van der Waals surface area (Å²) < 4.78 is 10.3. The van der Waals surface area contributed by atoms with Crippen molar-refractivity contribution in [3.05, 3.63) is 23.8 Å². The number of amides is 2. The molecule has 2 heterocycles. The predicted octanol–water partition coefficient (Wildman–Crippen LogP) is 4.36. The van der Waals surface area contributed by atoms with Crippen molar-refractivity contribution in [1.82, 2.24) is 41.0 Å². The lowest BCUT2D eigenvalue weighted by Crippen LogP contribution is -2.34. The van der Waals surface area contributed by atoms with E-state index in [1.165, 1.54) is 29.7 Å². The molecule has 2 atom stereocenters. The van der Waals surface area contributed by atoms with E-state index in [1.54, 1.807) is 13.1 Å². The van der Waals surface area contributed by atoms with E-state index in [0.29, 0.717) is 21.7 Å². The SMILES string of the molecule is CSc1ncc(C(C)NC(=O)OC(C)(C)C)nn1.CSc1nncc(C(C)NC(=O)OC(C)(C)C)n1. The monoisotopic (exact) mass is 540 g/mol. The topological polar surface area (TPSA) is 154 Å². The molecule has 0 aliphatic heterocycles. The highest BCUT2D eigenvalue weighted by atomic mass is 32.2. The van der Waals surface area contributed by atoms with Crippen molar-refractivity contribution in [2.75, 3.05) is 12.5 Å². The second-order valence-corrected chi connectivity index (χ2v) is 11.0. The lowest BCUT2D eigenvalue weighted by atomic mass is 10.2. The molecule has 0 aliphatic rings. The van der Waals surface area contributed by atoms with Crippen molar-refractivity contribution in [2.45, 2.75) is 89.0 Å². The summed E-state index contributed by atoms with van der Waals surface area (Å²) in [6, 6.07) is -0.572. The van der Waals surface area contributed by atoms with Crippen molar-refractivity contribution in [3.63, 3.8) is 0 Å². The van der Waals surface area contributed by atoms with Gasteiger partial charge in [0.1, 0.15) is 16.9 Å². The number of thioether (sulfide) groups is 2. The zero-order valence-electron chi connectivity index (χ0n) is 22.4. The van der Waals surface area contributed by atoms with Gasteiger partial charge >= 0.3 is 12.2 Å². The van der Waals surface area contributed by atoms with Crippen LogP contribution in [0.4, 0.5) is 9.59 Å². The van der Waals surface area contributed by atoms with Gasteiger partial charge in [0.05, 0.1) is 30.2 Å². The summed E-state index contributed by atoms with van der Waals surface area (Å²) in [5.41, 5.74) is 0.216. The highest BCUT2D eigenvalue weighted by Gasteiger charge is 2.20. The van der Waals surface area contributed by atoms with E-state index in [2.05, 4.69) is 41.0 Å². The van der Waals surface area contributed by atoms with Gasteiger partial charge in [-0.15, -0.1) is 15.3 Å². The van der Waals surface area contributed by atoms with Gasteiger partial charge in [-0.3, -0.25) is 0 Å². The second-order valence-electron chi connectivity index (χ2n) is 9.47. The fraction of sp³-hybridized carbons (Fsp3) is 0.636. The Balaban J connectivity index is 0.000000360. The van der Waals surface area contributed by atoms with Gasteiger partial charge in [-0.05, 0) is 67.9 Å². The van der Waals surface area contributed by atoms with Crippen LogP contribution in [0.15, 0.2) is 22.7 Å². The van der Waals surface area contributed by atoms with Gasteiger partial charge in [-0.25, -0.2) is 19.6 Å². The number of carbonyl (C=O) groups excluding carboxylic acids is 2. The molecule has 2 unspecified atom stereocenters. The van der Waals surface area contributed by atoms with Gasteiger partial charge in [0.25, 0.3) is 0 Å². The Morgan fingerprint density at radius 2 is 1.28 bits per heavy atom. The van der Waals surface area contributed by atoms with Crippen LogP contribution in [0.2, 0.25) is 0 Å². The maximum Gasteiger partial charge on any atom is 0.408 e. The van der Waals surface area contributed by atoms with Crippen LogP contribution in [-0.4, -0.2) is 66.3 Å². The van der Waals surface area contributed by atoms with Gasteiger partial charge in [-0.1, -0.05) is 23.5 Å². The molecule has 0 saturated heterocycles. The molecule has 0 fully saturated rings. The first kappa shape index (κ1) is 31.3. The van der Waals surface area contributed by atoms with Gasteiger partial charge in [0.2, 0.25) is 10.3 Å². The maximum atomic E-state index is 11.6. The zero-order chi connectivity index (χ0) is 27.5. The summed E-state index contributed by atoms with van der Waals surface area (Å²) in [5, 5.41) is 22.1. The van der Waals surface area contributed by atoms with E-state index < -0.39 is 23.4 Å². The van der Waals surface area contributed by atoms with E-state index in [0.717, 1.165) is 0 Å². The van der Waals surface area contributed by atoms with Crippen LogP contribution in [0.3, 0.4) is 0 Å². The molecule has 2 aromatic heterocycles. The first-order chi connectivity index (χ1) is 16.6. The number of rotatable bonds is 6. The quantitative estimate of drug-likeness (QED) is 0.500. The van der Waals surface area contributed by atoms with Crippen LogP contribution in [-0.2, 0) is 9.47 Å². The molecule has 2 rings (SSSR count). The smallest absolute Gasteiger partial charge is 0.408 e. The predicted molar refractivity (Wildman–Crippen MR) is 139 cm³/mol. The van der Waals surface area contributed by atoms with Crippen molar-refractivity contribution >= 4 is 35.7 Å². The Labute approximate surface area is 220 Å².